The molecule has 1 amide bonds. The van der Waals surface area contributed by atoms with Gasteiger partial charge in [-0.05, 0) is 31.6 Å². The zero-order valence-electron chi connectivity index (χ0n) is 9.74. The third-order valence-corrected chi connectivity index (χ3v) is 3.77. The quantitative estimate of drug-likeness (QED) is 0.653. The summed E-state index contributed by atoms with van der Waals surface area (Å²) in [4.78, 5) is 11.4. The van der Waals surface area contributed by atoms with Crippen molar-refractivity contribution in [2.24, 2.45) is 5.92 Å². The van der Waals surface area contributed by atoms with Gasteiger partial charge in [-0.1, -0.05) is 6.42 Å². The SMILES string of the molecule is O=C1CC(NCC2CCCC2O)CCCN1. The Morgan fingerprint density at radius 3 is 2.94 bits per heavy atom. The van der Waals surface area contributed by atoms with Crippen LogP contribution in [-0.4, -0.2) is 36.2 Å². The van der Waals surface area contributed by atoms with Crippen molar-refractivity contribution < 1.29 is 9.90 Å². The Kier molecular flexibility index (Phi) is 4.18. The summed E-state index contributed by atoms with van der Waals surface area (Å²) in [6.45, 7) is 1.67. The minimum Gasteiger partial charge on any atom is -0.393 e. The van der Waals surface area contributed by atoms with Crippen LogP contribution in [-0.2, 0) is 4.79 Å². The van der Waals surface area contributed by atoms with E-state index in [1.165, 1.54) is 0 Å². The smallest absolute Gasteiger partial charge is 0.221 e. The molecule has 1 aliphatic heterocycles. The van der Waals surface area contributed by atoms with Gasteiger partial charge >= 0.3 is 0 Å². The maximum absolute atomic E-state index is 11.4. The number of hydrogen-bond donors (Lipinski definition) is 3. The fraction of sp³-hybridized carbons (Fsp3) is 0.917. The van der Waals surface area contributed by atoms with Crippen molar-refractivity contribution in [1.29, 1.82) is 0 Å². The van der Waals surface area contributed by atoms with Gasteiger partial charge < -0.3 is 15.7 Å². The molecule has 0 bridgehead atoms. The molecule has 1 saturated heterocycles. The van der Waals surface area contributed by atoms with Crippen molar-refractivity contribution >= 4 is 5.91 Å². The number of rotatable bonds is 3. The van der Waals surface area contributed by atoms with Crippen LogP contribution in [0.4, 0.5) is 0 Å². The maximum atomic E-state index is 11.4. The molecule has 0 aromatic rings. The predicted octanol–water partition coefficient (Wildman–Crippen LogP) is 0.406. The van der Waals surface area contributed by atoms with Gasteiger partial charge in [0, 0.05) is 25.6 Å². The molecule has 1 heterocycles. The van der Waals surface area contributed by atoms with Crippen molar-refractivity contribution in [1.82, 2.24) is 10.6 Å². The lowest BCUT2D eigenvalue weighted by molar-refractivity contribution is -0.121. The highest BCUT2D eigenvalue weighted by Gasteiger charge is 2.26. The summed E-state index contributed by atoms with van der Waals surface area (Å²) in [6.07, 6.45) is 5.76. The maximum Gasteiger partial charge on any atom is 0.221 e. The summed E-state index contributed by atoms with van der Waals surface area (Å²) in [5, 5.41) is 16.0. The van der Waals surface area contributed by atoms with Gasteiger partial charge in [0.05, 0.1) is 6.10 Å². The van der Waals surface area contributed by atoms with Gasteiger partial charge in [0.2, 0.25) is 5.91 Å². The van der Waals surface area contributed by atoms with E-state index in [-0.39, 0.29) is 12.0 Å². The Labute approximate surface area is 96.8 Å². The van der Waals surface area contributed by atoms with Crippen molar-refractivity contribution in [3.05, 3.63) is 0 Å². The fourth-order valence-corrected chi connectivity index (χ4v) is 2.72. The number of carbonyl (C=O) groups is 1. The number of amides is 1. The van der Waals surface area contributed by atoms with E-state index in [9.17, 15) is 9.90 Å². The lowest BCUT2D eigenvalue weighted by atomic mass is 10.0. The Bertz CT molecular complexity index is 245. The van der Waals surface area contributed by atoms with E-state index >= 15 is 0 Å². The monoisotopic (exact) mass is 226 g/mol. The molecule has 0 radical (unpaired) electrons. The Morgan fingerprint density at radius 2 is 2.19 bits per heavy atom. The summed E-state index contributed by atoms with van der Waals surface area (Å²) >= 11 is 0. The first-order valence-corrected chi connectivity index (χ1v) is 6.44. The van der Waals surface area contributed by atoms with E-state index in [4.69, 9.17) is 0 Å². The molecule has 3 unspecified atom stereocenters. The molecule has 2 rings (SSSR count). The fourth-order valence-electron chi connectivity index (χ4n) is 2.72. The van der Waals surface area contributed by atoms with Crippen molar-refractivity contribution in [2.75, 3.05) is 13.1 Å². The predicted molar refractivity (Wildman–Crippen MR) is 62.0 cm³/mol. The average molecular weight is 226 g/mol. The van der Waals surface area contributed by atoms with Crippen molar-refractivity contribution in [2.45, 2.75) is 50.7 Å². The molecule has 4 heteroatoms. The lowest BCUT2D eigenvalue weighted by Crippen LogP contribution is -2.37. The van der Waals surface area contributed by atoms with Gasteiger partial charge in [-0.3, -0.25) is 4.79 Å². The van der Waals surface area contributed by atoms with Gasteiger partial charge in [-0.15, -0.1) is 0 Å². The standard InChI is InChI=1S/C12H22N2O2/c15-11-5-1-3-9(11)8-14-10-4-2-6-13-12(16)7-10/h9-11,14-15H,1-8H2,(H,13,16). The molecule has 2 aliphatic rings. The molecule has 3 atom stereocenters. The molecule has 4 nitrogen and oxygen atoms in total. The van der Waals surface area contributed by atoms with Crippen molar-refractivity contribution in [3.8, 4) is 0 Å². The summed E-state index contributed by atoms with van der Waals surface area (Å²) in [7, 11) is 0. The first kappa shape index (κ1) is 11.9. The van der Waals surface area contributed by atoms with Crippen LogP contribution in [0.5, 0.6) is 0 Å². The van der Waals surface area contributed by atoms with E-state index < -0.39 is 0 Å². The zero-order chi connectivity index (χ0) is 11.4. The molecule has 2 fully saturated rings. The second kappa shape index (κ2) is 5.64. The molecule has 1 saturated carbocycles. The largest absolute Gasteiger partial charge is 0.393 e. The highest BCUT2D eigenvalue weighted by Crippen LogP contribution is 2.25. The van der Waals surface area contributed by atoms with Gasteiger partial charge in [0.1, 0.15) is 0 Å². The first-order chi connectivity index (χ1) is 7.75. The highest BCUT2D eigenvalue weighted by atomic mass is 16.3. The van der Waals surface area contributed by atoms with Crippen molar-refractivity contribution in [3.63, 3.8) is 0 Å². The van der Waals surface area contributed by atoms with E-state index in [0.717, 1.165) is 45.2 Å². The number of carbonyl (C=O) groups excluding carboxylic acids is 1. The molecule has 92 valence electrons. The third-order valence-electron chi connectivity index (χ3n) is 3.77. The van der Waals surface area contributed by atoms with Crippen LogP contribution in [0.25, 0.3) is 0 Å². The van der Waals surface area contributed by atoms with E-state index in [0.29, 0.717) is 18.4 Å². The normalized spacial score (nSPS) is 35.8. The van der Waals surface area contributed by atoms with Crippen LogP contribution in [0.2, 0.25) is 0 Å². The van der Waals surface area contributed by atoms with Gasteiger partial charge in [0.25, 0.3) is 0 Å². The highest BCUT2D eigenvalue weighted by molar-refractivity contribution is 5.76. The first-order valence-electron chi connectivity index (χ1n) is 6.44. The topological polar surface area (TPSA) is 61.4 Å². The van der Waals surface area contributed by atoms with Crippen LogP contribution in [0.3, 0.4) is 0 Å². The zero-order valence-corrected chi connectivity index (χ0v) is 9.74. The molecule has 0 aromatic heterocycles. The lowest BCUT2D eigenvalue weighted by Gasteiger charge is -2.20. The van der Waals surface area contributed by atoms with Crippen LogP contribution in [0, 0.1) is 5.92 Å². The van der Waals surface area contributed by atoms with E-state index in [2.05, 4.69) is 10.6 Å². The average Bonchev–Trinajstić information content (AvgIpc) is 2.54. The van der Waals surface area contributed by atoms with Crippen LogP contribution < -0.4 is 10.6 Å². The number of hydrogen-bond acceptors (Lipinski definition) is 3. The molecule has 0 aromatic carbocycles. The molecule has 3 N–H and O–H groups in total. The van der Waals surface area contributed by atoms with E-state index in [1.54, 1.807) is 0 Å². The van der Waals surface area contributed by atoms with Gasteiger partial charge in [-0.2, -0.15) is 0 Å². The molecule has 1 aliphatic carbocycles. The number of aliphatic hydroxyl groups is 1. The minimum atomic E-state index is -0.132. The van der Waals surface area contributed by atoms with E-state index in [1.807, 2.05) is 0 Å². The summed E-state index contributed by atoms with van der Waals surface area (Å²) in [5.41, 5.74) is 0. The Balaban J connectivity index is 1.73. The van der Waals surface area contributed by atoms with Gasteiger partial charge in [-0.25, -0.2) is 0 Å². The van der Waals surface area contributed by atoms with Crippen LogP contribution >= 0.6 is 0 Å². The summed E-state index contributed by atoms with van der Waals surface area (Å²) < 4.78 is 0. The third kappa shape index (κ3) is 3.19. The second-order valence-corrected chi connectivity index (χ2v) is 5.06. The van der Waals surface area contributed by atoms with Gasteiger partial charge in [0.15, 0.2) is 0 Å². The second-order valence-electron chi connectivity index (χ2n) is 5.06. The molecule has 0 spiro atoms. The Hall–Kier alpha value is -0.610. The molecular weight excluding hydrogens is 204 g/mol. The molecular formula is C12H22N2O2. The Morgan fingerprint density at radius 1 is 1.31 bits per heavy atom. The molecule has 16 heavy (non-hydrogen) atoms. The van der Waals surface area contributed by atoms with Crippen LogP contribution in [0.15, 0.2) is 0 Å². The number of aliphatic hydroxyl groups excluding tert-OH is 1. The summed E-state index contributed by atoms with van der Waals surface area (Å²) in [5.74, 6) is 0.549. The number of nitrogens with one attached hydrogen (secondary N) is 2. The summed E-state index contributed by atoms with van der Waals surface area (Å²) in [6, 6.07) is 0.301. The van der Waals surface area contributed by atoms with Crippen LogP contribution in [0.1, 0.15) is 38.5 Å². The minimum absolute atomic E-state index is 0.132.